The molecule has 1 aliphatic rings. The zero-order chi connectivity index (χ0) is 23.9. The van der Waals surface area contributed by atoms with E-state index in [-0.39, 0.29) is 0 Å². The van der Waals surface area contributed by atoms with Gasteiger partial charge in [-0.1, -0.05) is 24.3 Å². The summed E-state index contributed by atoms with van der Waals surface area (Å²) >= 11 is 1.72. The van der Waals surface area contributed by atoms with Gasteiger partial charge >= 0.3 is 0 Å². The molecule has 8 heteroatoms. The fourth-order valence-electron chi connectivity index (χ4n) is 4.28. The minimum absolute atomic E-state index is 0.750. The molecule has 0 atom stereocenters. The number of benzene rings is 2. The van der Waals surface area contributed by atoms with Gasteiger partial charge in [0.05, 0.1) is 31.7 Å². The lowest BCUT2D eigenvalue weighted by atomic mass is 10.1. The monoisotopic (exact) mass is 489 g/mol. The van der Waals surface area contributed by atoms with E-state index in [1.807, 2.05) is 29.1 Å². The fourth-order valence-corrected chi connectivity index (χ4v) is 5.14. The van der Waals surface area contributed by atoms with Crippen molar-refractivity contribution in [3.8, 4) is 11.4 Å². The van der Waals surface area contributed by atoms with E-state index in [1.165, 1.54) is 11.1 Å². The molecule has 0 amide bonds. The normalized spacial score (nSPS) is 14.2. The number of hydrogen-bond acceptors (Lipinski definition) is 7. The van der Waals surface area contributed by atoms with Crippen LogP contribution >= 0.6 is 11.3 Å². The van der Waals surface area contributed by atoms with Crippen molar-refractivity contribution in [3.05, 3.63) is 89.2 Å². The van der Waals surface area contributed by atoms with Crippen molar-refractivity contribution in [1.82, 2.24) is 19.7 Å². The lowest BCUT2D eigenvalue weighted by Gasteiger charge is -2.26. The van der Waals surface area contributed by atoms with Crippen molar-refractivity contribution >= 4 is 16.5 Å². The molecule has 1 saturated heterocycles. The molecule has 0 spiro atoms. The second-order valence-corrected chi connectivity index (χ2v) is 9.49. The molecule has 0 aliphatic carbocycles. The Morgan fingerprint density at radius 1 is 1.03 bits per heavy atom. The third kappa shape index (κ3) is 6.28. The van der Waals surface area contributed by atoms with Crippen LogP contribution in [0.15, 0.2) is 72.4 Å². The van der Waals surface area contributed by atoms with Crippen molar-refractivity contribution in [2.24, 2.45) is 0 Å². The molecule has 2 aromatic carbocycles. The molecular weight excluding hydrogens is 458 g/mol. The smallest absolute Gasteiger partial charge is 0.186 e. The van der Waals surface area contributed by atoms with Crippen molar-refractivity contribution in [1.29, 1.82) is 0 Å². The Balaban J connectivity index is 1.35. The predicted octanol–water partition coefficient (Wildman–Crippen LogP) is 4.42. The molecule has 5 rings (SSSR count). The number of morpholine rings is 1. The van der Waals surface area contributed by atoms with E-state index < -0.39 is 0 Å². The van der Waals surface area contributed by atoms with Gasteiger partial charge in [0.1, 0.15) is 5.75 Å². The lowest BCUT2D eigenvalue weighted by Crippen LogP contribution is -2.37. The third-order valence-electron chi connectivity index (χ3n) is 6.16. The van der Waals surface area contributed by atoms with Gasteiger partial charge in [0, 0.05) is 56.9 Å². The highest BCUT2D eigenvalue weighted by Gasteiger charge is 2.16. The Bertz CT molecular complexity index is 1200. The molecule has 1 fully saturated rings. The first-order valence-corrected chi connectivity index (χ1v) is 12.9. The van der Waals surface area contributed by atoms with Gasteiger partial charge in [0.2, 0.25) is 0 Å². The van der Waals surface area contributed by atoms with Crippen LogP contribution in [0.1, 0.15) is 16.8 Å². The molecule has 0 radical (unpaired) electrons. The van der Waals surface area contributed by atoms with Gasteiger partial charge in [-0.15, -0.1) is 11.3 Å². The van der Waals surface area contributed by atoms with Gasteiger partial charge in [-0.25, -0.2) is 9.67 Å². The molecule has 0 unspecified atom stereocenters. The summed E-state index contributed by atoms with van der Waals surface area (Å²) in [6.07, 6.45) is 4.72. The largest absolute Gasteiger partial charge is 0.497 e. The molecule has 7 nitrogen and oxygen atoms in total. The highest BCUT2D eigenvalue weighted by Crippen LogP contribution is 2.26. The maximum Gasteiger partial charge on any atom is 0.186 e. The number of methoxy groups -OCH3 is 1. The standard InChI is InChI=1S/C27H31N5O2S/c1-33-26-8-3-6-23(18-26)20-31(19-22-5-2-7-25(17-22)32-11-4-10-28-32)27-29-24(21-35-27)9-12-30-13-15-34-16-14-30/h2-8,10-11,17-18,21H,9,12-16,19-20H2,1H3. The number of ether oxygens (including phenoxy) is 2. The number of hydrogen-bond donors (Lipinski definition) is 0. The minimum atomic E-state index is 0.750. The first-order valence-electron chi connectivity index (χ1n) is 12.0. The Morgan fingerprint density at radius 3 is 2.60 bits per heavy atom. The van der Waals surface area contributed by atoms with Gasteiger partial charge in [-0.2, -0.15) is 5.10 Å². The van der Waals surface area contributed by atoms with Crippen molar-refractivity contribution in [3.63, 3.8) is 0 Å². The third-order valence-corrected chi connectivity index (χ3v) is 7.11. The van der Waals surface area contributed by atoms with Gasteiger partial charge in [0.15, 0.2) is 5.13 Å². The van der Waals surface area contributed by atoms with Crippen LogP contribution in [-0.4, -0.2) is 59.6 Å². The van der Waals surface area contributed by atoms with Crippen LogP contribution in [0.25, 0.3) is 5.69 Å². The van der Waals surface area contributed by atoms with Crippen LogP contribution < -0.4 is 9.64 Å². The maximum atomic E-state index is 5.47. The maximum absolute atomic E-state index is 5.47. The minimum Gasteiger partial charge on any atom is -0.497 e. The Kier molecular flexibility index (Phi) is 7.72. The number of aromatic nitrogens is 3. The Labute approximate surface area is 210 Å². The van der Waals surface area contributed by atoms with E-state index in [0.717, 1.165) is 74.6 Å². The van der Waals surface area contributed by atoms with E-state index in [2.05, 4.69) is 56.7 Å². The fraction of sp³-hybridized carbons (Fsp3) is 0.333. The quantitative estimate of drug-likeness (QED) is 0.329. The summed E-state index contributed by atoms with van der Waals surface area (Å²) in [5.41, 5.74) is 4.61. The molecule has 3 heterocycles. The van der Waals surface area contributed by atoms with E-state index in [9.17, 15) is 0 Å². The van der Waals surface area contributed by atoms with Crippen LogP contribution in [0.3, 0.4) is 0 Å². The SMILES string of the molecule is COc1cccc(CN(Cc2cccc(-n3cccn3)c2)c2nc(CCN3CCOCC3)cs2)c1. The van der Waals surface area contributed by atoms with E-state index in [1.54, 1.807) is 24.6 Å². The van der Waals surface area contributed by atoms with E-state index in [4.69, 9.17) is 14.5 Å². The highest BCUT2D eigenvalue weighted by atomic mass is 32.1. The number of nitrogens with zero attached hydrogens (tertiary/aromatic N) is 5. The first kappa shape index (κ1) is 23.5. The summed E-state index contributed by atoms with van der Waals surface area (Å²) < 4.78 is 12.8. The van der Waals surface area contributed by atoms with Crippen LogP contribution in [0.5, 0.6) is 5.75 Å². The summed E-state index contributed by atoms with van der Waals surface area (Å²) in [6.45, 7) is 6.19. The number of anilines is 1. The van der Waals surface area contributed by atoms with Crippen LogP contribution in [0.4, 0.5) is 5.13 Å². The van der Waals surface area contributed by atoms with Crippen LogP contribution in [-0.2, 0) is 24.2 Å². The topological polar surface area (TPSA) is 55.7 Å². The second kappa shape index (κ2) is 11.5. The summed E-state index contributed by atoms with van der Waals surface area (Å²) in [7, 11) is 1.71. The highest BCUT2D eigenvalue weighted by molar-refractivity contribution is 7.13. The molecule has 1 aliphatic heterocycles. The molecule has 2 aromatic heterocycles. The number of thiazole rings is 1. The van der Waals surface area contributed by atoms with Crippen molar-refractivity contribution in [2.45, 2.75) is 19.5 Å². The average Bonchev–Trinajstić information content (AvgIpc) is 3.61. The molecular formula is C27H31N5O2S. The Hall–Kier alpha value is -3.20. The second-order valence-electron chi connectivity index (χ2n) is 8.65. The van der Waals surface area contributed by atoms with Gasteiger partial charge in [-0.05, 0) is 41.5 Å². The molecule has 35 heavy (non-hydrogen) atoms. The summed E-state index contributed by atoms with van der Waals surface area (Å²) in [4.78, 5) is 9.84. The number of rotatable bonds is 10. The van der Waals surface area contributed by atoms with Crippen molar-refractivity contribution in [2.75, 3.05) is 44.9 Å². The molecule has 0 N–H and O–H groups in total. The molecule has 0 bridgehead atoms. The summed E-state index contributed by atoms with van der Waals surface area (Å²) in [5.74, 6) is 0.869. The van der Waals surface area contributed by atoms with E-state index >= 15 is 0 Å². The lowest BCUT2D eigenvalue weighted by molar-refractivity contribution is 0.0383. The van der Waals surface area contributed by atoms with Crippen molar-refractivity contribution < 1.29 is 9.47 Å². The summed E-state index contributed by atoms with van der Waals surface area (Å²) in [6, 6.07) is 18.7. The van der Waals surface area contributed by atoms with Gasteiger partial charge < -0.3 is 14.4 Å². The average molecular weight is 490 g/mol. The van der Waals surface area contributed by atoms with Gasteiger partial charge in [0.25, 0.3) is 0 Å². The molecule has 182 valence electrons. The Morgan fingerprint density at radius 2 is 1.83 bits per heavy atom. The predicted molar refractivity (Wildman–Crippen MR) is 140 cm³/mol. The van der Waals surface area contributed by atoms with E-state index in [0.29, 0.717) is 0 Å². The zero-order valence-electron chi connectivity index (χ0n) is 20.0. The molecule has 4 aromatic rings. The van der Waals surface area contributed by atoms with Crippen LogP contribution in [0, 0.1) is 0 Å². The van der Waals surface area contributed by atoms with Crippen LogP contribution in [0.2, 0.25) is 0 Å². The molecule has 0 saturated carbocycles. The first-order chi connectivity index (χ1) is 17.3. The summed E-state index contributed by atoms with van der Waals surface area (Å²) in [5, 5.41) is 7.62. The zero-order valence-corrected chi connectivity index (χ0v) is 20.9. The van der Waals surface area contributed by atoms with Gasteiger partial charge in [-0.3, -0.25) is 4.90 Å².